The second-order valence-corrected chi connectivity index (χ2v) is 8.43. The van der Waals surface area contributed by atoms with Crippen LogP contribution in [0.5, 0.6) is 34.5 Å². The molecule has 1 atom stereocenters. The van der Waals surface area contributed by atoms with E-state index in [1.54, 1.807) is 43.3 Å². The lowest BCUT2D eigenvalue weighted by Crippen LogP contribution is -2.29. The second-order valence-electron chi connectivity index (χ2n) is 8.43. The number of ketones is 1. The maximum absolute atomic E-state index is 13.5. The number of hydrogen-bond acceptors (Lipinski definition) is 9. The molecule has 0 spiro atoms. The van der Waals surface area contributed by atoms with Crippen LogP contribution in [0.15, 0.2) is 60.2 Å². The number of carbonyl (C=O) groups excluding carboxylic acids is 2. The van der Waals surface area contributed by atoms with E-state index in [-0.39, 0.29) is 41.8 Å². The first-order chi connectivity index (χ1) is 18.4. The quantitative estimate of drug-likeness (QED) is 0.269. The number of anilines is 1. The molecule has 0 saturated carbocycles. The minimum Gasteiger partial charge on any atom is -0.507 e. The number of Topliss-reactive ketones (excluding diaryl/α,β-unsaturated/α-hetero) is 1. The highest BCUT2D eigenvalue weighted by atomic mass is 16.7. The average Bonchev–Trinajstić information content (AvgIpc) is 3.51. The summed E-state index contributed by atoms with van der Waals surface area (Å²) in [6, 6.07) is 13.0. The first kappa shape index (κ1) is 24.8. The maximum Gasteiger partial charge on any atom is 0.300 e. The van der Waals surface area contributed by atoms with E-state index in [1.807, 2.05) is 0 Å². The van der Waals surface area contributed by atoms with Gasteiger partial charge in [0.05, 0.1) is 38.0 Å². The third kappa shape index (κ3) is 4.09. The average molecular weight is 520 g/mol. The number of carbonyl (C=O) groups is 2. The van der Waals surface area contributed by atoms with E-state index in [1.165, 1.54) is 37.3 Å². The molecule has 2 heterocycles. The van der Waals surface area contributed by atoms with E-state index in [9.17, 15) is 19.8 Å². The number of aromatic hydroxyl groups is 1. The van der Waals surface area contributed by atoms with E-state index in [2.05, 4.69) is 0 Å². The molecule has 0 aromatic heterocycles. The number of aliphatic hydroxyl groups is 1. The van der Waals surface area contributed by atoms with Gasteiger partial charge in [-0.15, -0.1) is 0 Å². The van der Waals surface area contributed by atoms with Gasteiger partial charge in [0.25, 0.3) is 11.7 Å². The minimum atomic E-state index is -1.08. The zero-order valence-electron chi connectivity index (χ0n) is 20.9. The number of rotatable bonds is 7. The number of fused-ring (bicyclic) bond motifs is 1. The lowest BCUT2D eigenvalue weighted by Gasteiger charge is -2.26. The van der Waals surface area contributed by atoms with Crippen LogP contribution in [-0.4, -0.2) is 49.5 Å². The molecule has 3 aromatic rings. The van der Waals surface area contributed by atoms with Crippen LogP contribution in [0, 0.1) is 0 Å². The topological polar surface area (TPSA) is 124 Å². The first-order valence-corrected chi connectivity index (χ1v) is 11.8. The highest BCUT2D eigenvalue weighted by molar-refractivity contribution is 6.51. The molecule has 0 radical (unpaired) electrons. The van der Waals surface area contributed by atoms with Crippen LogP contribution in [0.25, 0.3) is 5.76 Å². The Hall–Kier alpha value is -4.86. The summed E-state index contributed by atoms with van der Waals surface area (Å²) in [4.78, 5) is 28.3. The van der Waals surface area contributed by atoms with Crippen LogP contribution in [0.4, 0.5) is 5.69 Å². The van der Waals surface area contributed by atoms with Crippen molar-refractivity contribution in [2.75, 3.05) is 32.5 Å². The van der Waals surface area contributed by atoms with Gasteiger partial charge in [-0.05, 0) is 55.0 Å². The molecular weight excluding hydrogens is 494 g/mol. The number of hydrogen-bond donors (Lipinski definition) is 2. The smallest absolute Gasteiger partial charge is 0.300 e. The summed E-state index contributed by atoms with van der Waals surface area (Å²) in [5.41, 5.74) is 0.771. The Morgan fingerprint density at radius 3 is 2.50 bits per heavy atom. The highest BCUT2D eigenvalue weighted by Gasteiger charge is 2.47. The molecule has 10 heteroatoms. The monoisotopic (exact) mass is 519 g/mol. The van der Waals surface area contributed by atoms with E-state index in [4.69, 9.17) is 23.7 Å². The number of benzene rings is 3. The summed E-state index contributed by atoms with van der Waals surface area (Å²) in [7, 11) is 2.89. The Bertz CT molecular complexity index is 1460. The molecule has 0 bridgehead atoms. The van der Waals surface area contributed by atoms with Crippen LogP contribution in [-0.2, 0) is 9.59 Å². The van der Waals surface area contributed by atoms with Crippen molar-refractivity contribution >= 4 is 23.1 Å². The summed E-state index contributed by atoms with van der Waals surface area (Å²) in [6.45, 7) is 2.08. The van der Waals surface area contributed by atoms with E-state index >= 15 is 0 Å². The maximum atomic E-state index is 13.5. The van der Waals surface area contributed by atoms with Crippen LogP contribution in [0.1, 0.15) is 24.1 Å². The zero-order valence-corrected chi connectivity index (χ0v) is 20.9. The molecule has 1 unspecified atom stereocenters. The molecule has 2 aliphatic rings. The molecular formula is C28H25NO9. The van der Waals surface area contributed by atoms with Gasteiger partial charge in [-0.25, -0.2) is 0 Å². The Morgan fingerprint density at radius 2 is 1.76 bits per heavy atom. The van der Waals surface area contributed by atoms with Gasteiger partial charge in [0.2, 0.25) is 6.79 Å². The van der Waals surface area contributed by atoms with Crippen LogP contribution in [0.2, 0.25) is 0 Å². The molecule has 196 valence electrons. The van der Waals surface area contributed by atoms with Crippen molar-refractivity contribution in [2.45, 2.75) is 13.0 Å². The fourth-order valence-electron chi connectivity index (χ4n) is 4.57. The summed E-state index contributed by atoms with van der Waals surface area (Å²) in [5, 5.41) is 21.8. The van der Waals surface area contributed by atoms with Crippen molar-refractivity contribution in [3.8, 4) is 34.5 Å². The summed E-state index contributed by atoms with van der Waals surface area (Å²) < 4.78 is 27.1. The number of methoxy groups -OCH3 is 2. The van der Waals surface area contributed by atoms with Crippen LogP contribution < -0.4 is 28.6 Å². The van der Waals surface area contributed by atoms with E-state index in [0.717, 1.165) is 0 Å². The van der Waals surface area contributed by atoms with Crippen molar-refractivity contribution in [2.24, 2.45) is 0 Å². The van der Waals surface area contributed by atoms with Crippen molar-refractivity contribution in [1.82, 2.24) is 0 Å². The van der Waals surface area contributed by atoms with Gasteiger partial charge in [-0.1, -0.05) is 6.07 Å². The van der Waals surface area contributed by atoms with Gasteiger partial charge in [-0.3, -0.25) is 14.5 Å². The first-order valence-electron chi connectivity index (χ1n) is 11.8. The van der Waals surface area contributed by atoms with Crippen LogP contribution >= 0.6 is 0 Å². The third-order valence-electron chi connectivity index (χ3n) is 6.34. The Kier molecular flexibility index (Phi) is 6.46. The number of nitrogens with zero attached hydrogens (tertiary/aromatic N) is 1. The lowest BCUT2D eigenvalue weighted by molar-refractivity contribution is -0.132. The fourth-order valence-corrected chi connectivity index (χ4v) is 4.57. The van der Waals surface area contributed by atoms with Crippen LogP contribution in [0.3, 0.4) is 0 Å². The molecule has 5 rings (SSSR count). The zero-order chi connectivity index (χ0) is 27.0. The van der Waals surface area contributed by atoms with Crippen molar-refractivity contribution in [1.29, 1.82) is 0 Å². The van der Waals surface area contributed by atoms with Crippen molar-refractivity contribution in [3.05, 3.63) is 71.3 Å². The lowest BCUT2D eigenvalue weighted by atomic mass is 9.94. The molecule has 1 fully saturated rings. The van der Waals surface area contributed by atoms with Gasteiger partial charge in [0.15, 0.2) is 23.0 Å². The Labute approximate surface area is 218 Å². The molecule has 10 nitrogen and oxygen atoms in total. The molecule has 0 aliphatic carbocycles. The molecule has 38 heavy (non-hydrogen) atoms. The number of aliphatic hydroxyl groups excluding tert-OH is 1. The Morgan fingerprint density at radius 1 is 0.974 bits per heavy atom. The van der Waals surface area contributed by atoms with E-state index < -0.39 is 23.5 Å². The summed E-state index contributed by atoms with van der Waals surface area (Å²) in [6.07, 6.45) is 0. The van der Waals surface area contributed by atoms with Crippen molar-refractivity contribution < 1.29 is 43.5 Å². The standard InChI is InChI=1S/C28H25NO9/c1-4-36-22-11-15(5-8-19(22)30)25-24(26(31)18-13-17(34-2)7-10-20(18)35-3)27(32)28(33)29(25)16-6-9-21-23(12-16)38-14-37-21/h5-13,25,30-31H,4,14H2,1-3H3/b26-24+. The predicted molar refractivity (Wildman–Crippen MR) is 136 cm³/mol. The molecule has 3 aromatic carbocycles. The summed E-state index contributed by atoms with van der Waals surface area (Å²) in [5.74, 6) is -0.535. The predicted octanol–water partition coefficient (Wildman–Crippen LogP) is 4.16. The van der Waals surface area contributed by atoms with Gasteiger partial charge < -0.3 is 33.9 Å². The third-order valence-corrected chi connectivity index (χ3v) is 6.34. The summed E-state index contributed by atoms with van der Waals surface area (Å²) >= 11 is 0. The normalized spacial score (nSPS) is 17.6. The highest BCUT2D eigenvalue weighted by Crippen LogP contribution is 2.47. The number of phenolic OH excluding ortho intramolecular Hbond substituents is 1. The number of amides is 1. The Balaban J connectivity index is 1.75. The minimum absolute atomic E-state index is 0.0341. The fraction of sp³-hybridized carbons (Fsp3) is 0.214. The van der Waals surface area contributed by atoms with E-state index in [0.29, 0.717) is 28.5 Å². The second kappa shape index (κ2) is 9.89. The largest absolute Gasteiger partial charge is 0.507 e. The van der Waals surface area contributed by atoms with Gasteiger partial charge in [-0.2, -0.15) is 0 Å². The number of phenols is 1. The molecule has 1 saturated heterocycles. The van der Waals surface area contributed by atoms with Gasteiger partial charge in [0.1, 0.15) is 17.3 Å². The molecule has 2 N–H and O–H groups in total. The SMILES string of the molecule is CCOc1cc(C2/C(=C(\O)c3cc(OC)ccc3OC)C(=O)C(=O)N2c2ccc3c(c2)OCO3)ccc1O. The molecule has 1 amide bonds. The number of ether oxygens (including phenoxy) is 5. The molecule has 2 aliphatic heterocycles. The van der Waals surface area contributed by atoms with Gasteiger partial charge in [0, 0.05) is 11.8 Å². The van der Waals surface area contributed by atoms with Gasteiger partial charge >= 0.3 is 0 Å². The van der Waals surface area contributed by atoms with Crippen molar-refractivity contribution in [3.63, 3.8) is 0 Å².